The molecule has 33 heavy (non-hydrogen) atoms. The molecule has 0 fully saturated rings. The molecule has 0 atom stereocenters. The van der Waals surface area contributed by atoms with E-state index in [1.54, 1.807) is 23.0 Å². The second kappa shape index (κ2) is 8.64. The smallest absolute Gasteiger partial charge is 0.338 e. The highest BCUT2D eigenvalue weighted by molar-refractivity contribution is 7.17. The van der Waals surface area contributed by atoms with Gasteiger partial charge in [-0.1, -0.05) is 48.5 Å². The summed E-state index contributed by atoms with van der Waals surface area (Å²) in [5, 5.41) is 4.93. The van der Waals surface area contributed by atoms with Gasteiger partial charge in [-0.05, 0) is 53.9 Å². The Morgan fingerprint density at radius 3 is 2.55 bits per heavy atom. The fourth-order valence-electron chi connectivity index (χ4n) is 3.87. The van der Waals surface area contributed by atoms with Gasteiger partial charge in [0.1, 0.15) is 4.83 Å². The summed E-state index contributed by atoms with van der Waals surface area (Å²) in [4.78, 5) is 30.7. The minimum Gasteiger partial charge on any atom is -0.459 e. The van der Waals surface area contributed by atoms with Crippen LogP contribution in [0.5, 0.6) is 0 Å². The average molecular weight is 455 g/mol. The number of aromatic nitrogens is 2. The van der Waals surface area contributed by atoms with Gasteiger partial charge < -0.3 is 4.74 Å². The molecule has 0 aliphatic heterocycles. The monoisotopic (exact) mass is 454 g/mol. The van der Waals surface area contributed by atoms with Crippen LogP contribution < -0.4 is 5.56 Å². The van der Waals surface area contributed by atoms with Crippen LogP contribution in [0.1, 0.15) is 29.8 Å². The van der Waals surface area contributed by atoms with Gasteiger partial charge in [0.05, 0.1) is 29.9 Å². The molecule has 0 aliphatic carbocycles. The van der Waals surface area contributed by atoms with Gasteiger partial charge in [-0.15, -0.1) is 11.3 Å². The number of fused-ring (bicyclic) bond motifs is 2. The number of thiophene rings is 1. The van der Waals surface area contributed by atoms with E-state index >= 15 is 0 Å². The third-order valence-corrected chi connectivity index (χ3v) is 6.39. The minimum atomic E-state index is -0.352. The molecule has 3 aromatic carbocycles. The molecule has 0 radical (unpaired) electrons. The molecule has 164 valence electrons. The lowest BCUT2D eigenvalue weighted by molar-refractivity contribution is 0.0378. The van der Waals surface area contributed by atoms with Crippen molar-refractivity contribution in [3.63, 3.8) is 0 Å². The summed E-state index contributed by atoms with van der Waals surface area (Å²) < 4.78 is 6.84. The zero-order valence-electron chi connectivity index (χ0n) is 18.3. The van der Waals surface area contributed by atoms with E-state index in [1.807, 2.05) is 43.5 Å². The van der Waals surface area contributed by atoms with Crippen LogP contribution in [0.4, 0.5) is 0 Å². The highest BCUT2D eigenvalue weighted by atomic mass is 32.1. The predicted molar refractivity (Wildman–Crippen MR) is 133 cm³/mol. The maximum absolute atomic E-state index is 13.4. The van der Waals surface area contributed by atoms with E-state index in [1.165, 1.54) is 11.3 Å². The van der Waals surface area contributed by atoms with Crippen LogP contribution in [0.15, 0.2) is 83.2 Å². The second-order valence-electron chi connectivity index (χ2n) is 8.22. The van der Waals surface area contributed by atoms with Crippen molar-refractivity contribution in [3.05, 3.63) is 99.9 Å². The third-order valence-electron chi connectivity index (χ3n) is 5.51. The van der Waals surface area contributed by atoms with Crippen LogP contribution in [0.25, 0.3) is 32.1 Å². The van der Waals surface area contributed by atoms with Gasteiger partial charge in [-0.2, -0.15) is 0 Å². The van der Waals surface area contributed by atoms with Gasteiger partial charge in [0.2, 0.25) is 0 Å². The molecular formula is C27H22N2O3S. The lowest BCUT2D eigenvalue weighted by Gasteiger charge is -2.09. The lowest BCUT2D eigenvalue weighted by atomic mass is 10.0. The van der Waals surface area contributed by atoms with Crippen LogP contribution in [0.3, 0.4) is 0 Å². The molecule has 2 aromatic heterocycles. The van der Waals surface area contributed by atoms with Crippen LogP contribution in [0, 0.1) is 0 Å². The van der Waals surface area contributed by atoms with Crippen molar-refractivity contribution in [3.8, 4) is 11.1 Å². The summed E-state index contributed by atoms with van der Waals surface area (Å²) in [5.74, 6) is -0.352. The number of rotatable bonds is 5. The van der Waals surface area contributed by atoms with Crippen molar-refractivity contribution >= 4 is 38.3 Å². The number of hydrogen-bond acceptors (Lipinski definition) is 5. The summed E-state index contributed by atoms with van der Waals surface area (Å²) in [5.41, 5.74) is 3.23. The zero-order chi connectivity index (χ0) is 22.9. The summed E-state index contributed by atoms with van der Waals surface area (Å²) >= 11 is 1.48. The fraction of sp³-hybridized carbons (Fsp3) is 0.148. The molecule has 0 N–H and O–H groups in total. The Kier molecular flexibility index (Phi) is 5.52. The number of nitrogens with zero attached hydrogens (tertiary/aromatic N) is 2. The van der Waals surface area contributed by atoms with Crippen LogP contribution >= 0.6 is 11.3 Å². The lowest BCUT2D eigenvalue weighted by Crippen LogP contribution is -2.21. The topological polar surface area (TPSA) is 61.2 Å². The summed E-state index contributed by atoms with van der Waals surface area (Å²) in [6.07, 6.45) is 1.42. The maximum Gasteiger partial charge on any atom is 0.338 e. The van der Waals surface area contributed by atoms with Crippen molar-refractivity contribution in [1.29, 1.82) is 0 Å². The molecule has 0 amide bonds. The normalized spacial score (nSPS) is 11.4. The van der Waals surface area contributed by atoms with Gasteiger partial charge in [-0.25, -0.2) is 9.78 Å². The average Bonchev–Trinajstić information content (AvgIpc) is 3.25. The van der Waals surface area contributed by atoms with Gasteiger partial charge in [0.15, 0.2) is 0 Å². The number of carbonyl (C=O) groups is 1. The molecule has 0 unspecified atom stereocenters. The molecule has 5 nitrogen and oxygen atoms in total. The molecule has 0 spiro atoms. The Morgan fingerprint density at radius 1 is 1.03 bits per heavy atom. The number of ether oxygens (including phenoxy) is 1. The van der Waals surface area contributed by atoms with Crippen LogP contribution in [0.2, 0.25) is 0 Å². The Labute approximate surface area is 194 Å². The number of carbonyl (C=O) groups excluding carboxylic acids is 1. The second-order valence-corrected chi connectivity index (χ2v) is 9.08. The molecular weight excluding hydrogens is 432 g/mol. The highest BCUT2D eigenvalue weighted by Crippen LogP contribution is 2.32. The summed E-state index contributed by atoms with van der Waals surface area (Å²) in [6.45, 7) is 4.01. The third kappa shape index (κ3) is 4.17. The summed E-state index contributed by atoms with van der Waals surface area (Å²) in [7, 11) is 0. The molecule has 0 aliphatic rings. The Morgan fingerprint density at radius 2 is 1.79 bits per heavy atom. The number of esters is 1. The standard InChI is InChI=1S/C27H22N2O3S/c1-17(2)32-27(31)20-9-7-18(8-10-20)14-29-16-28-25-24(26(29)30)23(15-33-25)22-12-11-19-5-3-4-6-21(19)13-22/h3-13,15-17H,14H2,1-2H3. The van der Waals surface area contributed by atoms with Gasteiger partial charge in [0, 0.05) is 10.9 Å². The highest BCUT2D eigenvalue weighted by Gasteiger charge is 2.14. The first-order chi connectivity index (χ1) is 16.0. The van der Waals surface area contributed by atoms with E-state index in [0.717, 1.165) is 32.3 Å². The first kappa shape index (κ1) is 21.1. The van der Waals surface area contributed by atoms with Crippen LogP contribution in [-0.4, -0.2) is 21.6 Å². The van der Waals surface area contributed by atoms with Crippen molar-refractivity contribution in [1.82, 2.24) is 9.55 Å². The first-order valence-corrected chi connectivity index (χ1v) is 11.6. The number of hydrogen-bond donors (Lipinski definition) is 0. The molecule has 0 bridgehead atoms. The molecule has 6 heteroatoms. The fourth-order valence-corrected chi connectivity index (χ4v) is 4.78. The van der Waals surface area contributed by atoms with E-state index in [0.29, 0.717) is 17.5 Å². The summed E-state index contributed by atoms with van der Waals surface area (Å²) in [6, 6.07) is 21.6. The largest absolute Gasteiger partial charge is 0.459 e. The number of benzene rings is 3. The maximum atomic E-state index is 13.4. The first-order valence-electron chi connectivity index (χ1n) is 10.8. The van der Waals surface area contributed by atoms with E-state index in [-0.39, 0.29) is 17.6 Å². The Bertz CT molecular complexity index is 1530. The zero-order valence-corrected chi connectivity index (χ0v) is 19.1. The molecule has 0 saturated carbocycles. The Balaban J connectivity index is 1.48. The van der Waals surface area contributed by atoms with E-state index in [4.69, 9.17) is 4.74 Å². The molecule has 5 aromatic rings. The van der Waals surface area contributed by atoms with Crippen molar-refractivity contribution in [2.45, 2.75) is 26.5 Å². The van der Waals surface area contributed by atoms with Crippen molar-refractivity contribution in [2.75, 3.05) is 0 Å². The van der Waals surface area contributed by atoms with Crippen LogP contribution in [-0.2, 0) is 11.3 Å². The van der Waals surface area contributed by atoms with Gasteiger partial charge in [0.25, 0.3) is 5.56 Å². The predicted octanol–water partition coefficient (Wildman–Crippen LogP) is 5.89. The Hall–Kier alpha value is -3.77. The van der Waals surface area contributed by atoms with E-state index < -0.39 is 0 Å². The van der Waals surface area contributed by atoms with Gasteiger partial charge in [-0.3, -0.25) is 9.36 Å². The quantitative estimate of drug-likeness (QED) is 0.311. The van der Waals surface area contributed by atoms with E-state index in [2.05, 4.69) is 35.3 Å². The molecule has 2 heterocycles. The molecule has 5 rings (SSSR count). The minimum absolute atomic E-state index is 0.0762. The van der Waals surface area contributed by atoms with E-state index in [9.17, 15) is 9.59 Å². The van der Waals surface area contributed by atoms with Gasteiger partial charge >= 0.3 is 5.97 Å². The molecule has 0 saturated heterocycles. The van der Waals surface area contributed by atoms with Crippen molar-refractivity contribution < 1.29 is 9.53 Å². The SMILES string of the molecule is CC(C)OC(=O)c1ccc(Cn2cnc3scc(-c4ccc5ccccc5c4)c3c2=O)cc1. The van der Waals surface area contributed by atoms with Crippen molar-refractivity contribution in [2.24, 2.45) is 0 Å².